The summed E-state index contributed by atoms with van der Waals surface area (Å²) < 4.78 is 27.3. The molecule has 2 aromatic carbocycles. The van der Waals surface area contributed by atoms with Crippen LogP contribution in [0.1, 0.15) is 11.6 Å². The number of benzene rings is 2. The summed E-state index contributed by atoms with van der Waals surface area (Å²) >= 11 is 9.11. The van der Waals surface area contributed by atoms with Crippen molar-refractivity contribution >= 4 is 39.1 Å². The van der Waals surface area contributed by atoms with Gasteiger partial charge in [-0.25, -0.2) is 8.78 Å². The fraction of sp³-hybridized carbons (Fsp3) is 0.0714. The maximum absolute atomic E-state index is 13.8. The van der Waals surface area contributed by atoms with Crippen LogP contribution in [0.2, 0.25) is 5.02 Å². The minimum atomic E-state index is -1.13. The van der Waals surface area contributed by atoms with Crippen LogP contribution >= 0.6 is 27.5 Å². The zero-order valence-corrected chi connectivity index (χ0v) is 12.9. The van der Waals surface area contributed by atoms with Crippen molar-refractivity contribution in [3.05, 3.63) is 63.1 Å². The molecular formula is C14H10BrClF2N2O. The normalized spacial score (nSPS) is 12.0. The number of nitrogens with one attached hydrogen (secondary N) is 1. The lowest BCUT2D eigenvalue weighted by Gasteiger charge is -2.18. The van der Waals surface area contributed by atoms with E-state index in [2.05, 4.69) is 21.2 Å². The number of amides is 1. The summed E-state index contributed by atoms with van der Waals surface area (Å²) in [6.07, 6.45) is 0. The summed E-state index contributed by atoms with van der Waals surface area (Å²) in [6, 6.07) is 6.66. The Morgan fingerprint density at radius 2 is 1.95 bits per heavy atom. The van der Waals surface area contributed by atoms with Crippen LogP contribution in [0.15, 0.2) is 40.9 Å². The van der Waals surface area contributed by atoms with Crippen molar-refractivity contribution in [2.24, 2.45) is 5.73 Å². The second-order valence-electron chi connectivity index (χ2n) is 4.27. The van der Waals surface area contributed by atoms with Gasteiger partial charge in [0.25, 0.3) is 0 Å². The van der Waals surface area contributed by atoms with Gasteiger partial charge in [-0.05, 0) is 40.2 Å². The topological polar surface area (TPSA) is 55.1 Å². The third-order valence-electron chi connectivity index (χ3n) is 2.79. The van der Waals surface area contributed by atoms with E-state index in [1.807, 2.05) is 0 Å². The van der Waals surface area contributed by atoms with Gasteiger partial charge < -0.3 is 11.1 Å². The van der Waals surface area contributed by atoms with E-state index in [1.165, 1.54) is 6.07 Å². The lowest BCUT2D eigenvalue weighted by Crippen LogP contribution is -2.28. The lowest BCUT2D eigenvalue weighted by molar-refractivity contribution is -0.118. The van der Waals surface area contributed by atoms with Crippen LogP contribution in [-0.4, -0.2) is 5.91 Å². The van der Waals surface area contributed by atoms with Crippen molar-refractivity contribution in [3.8, 4) is 0 Å². The predicted octanol–water partition coefficient (Wildman–Crippen LogP) is 4.02. The summed E-state index contributed by atoms with van der Waals surface area (Å²) in [5.41, 5.74) is 5.77. The highest BCUT2D eigenvalue weighted by molar-refractivity contribution is 9.10. The van der Waals surface area contributed by atoms with Gasteiger partial charge in [0, 0.05) is 21.8 Å². The largest absolute Gasteiger partial charge is 0.370 e. The Morgan fingerprint density at radius 3 is 2.52 bits per heavy atom. The number of hydrogen-bond donors (Lipinski definition) is 2. The van der Waals surface area contributed by atoms with Gasteiger partial charge in [0.1, 0.15) is 17.7 Å². The molecule has 0 aromatic heterocycles. The minimum Gasteiger partial charge on any atom is -0.370 e. The summed E-state index contributed by atoms with van der Waals surface area (Å²) in [6.45, 7) is 0. The Bertz CT molecular complexity index is 697. The molecule has 0 saturated carbocycles. The number of halogens is 4. The van der Waals surface area contributed by atoms with Gasteiger partial charge >= 0.3 is 0 Å². The van der Waals surface area contributed by atoms with Crippen LogP contribution in [0.25, 0.3) is 0 Å². The molecule has 3 N–H and O–H groups in total. The molecule has 0 radical (unpaired) electrons. The molecule has 0 saturated heterocycles. The first-order valence-corrected chi connectivity index (χ1v) is 7.01. The van der Waals surface area contributed by atoms with E-state index in [4.69, 9.17) is 17.3 Å². The smallest absolute Gasteiger partial charge is 0.244 e. The first-order valence-electron chi connectivity index (χ1n) is 5.84. The Morgan fingerprint density at radius 1 is 1.24 bits per heavy atom. The highest BCUT2D eigenvalue weighted by Crippen LogP contribution is 2.28. The van der Waals surface area contributed by atoms with Gasteiger partial charge in [0.05, 0.1) is 5.02 Å². The van der Waals surface area contributed by atoms with Crippen LogP contribution in [0.5, 0.6) is 0 Å². The fourth-order valence-corrected chi connectivity index (χ4v) is 2.29. The molecule has 1 unspecified atom stereocenters. The predicted molar refractivity (Wildman–Crippen MR) is 81.1 cm³/mol. The van der Waals surface area contributed by atoms with E-state index in [9.17, 15) is 13.6 Å². The maximum atomic E-state index is 13.8. The lowest BCUT2D eigenvalue weighted by atomic mass is 10.0. The summed E-state index contributed by atoms with van der Waals surface area (Å²) in [5.74, 6) is -2.36. The third kappa shape index (κ3) is 3.71. The molecule has 0 fully saturated rings. The average molecular weight is 376 g/mol. The van der Waals surface area contributed by atoms with Gasteiger partial charge in [0.15, 0.2) is 0 Å². The monoisotopic (exact) mass is 374 g/mol. The van der Waals surface area contributed by atoms with Crippen LogP contribution in [0.4, 0.5) is 14.5 Å². The van der Waals surface area contributed by atoms with Gasteiger partial charge in [-0.2, -0.15) is 0 Å². The molecule has 1 amide bonds. The van der Waals surface area contributed by atoms with Gasteiger partial charge in [0.2, 0.25) is 5.91 Å². The molecule has 0 aliphatic carbocycles. The minimum absolute atomic E-state index is 0.0324. The van der Waals surface area contributed by atoms with Gasteiger partial charge in [-0.3, -0.25) is 4.79 Å². The van der Waals surface area contributed by atoms with E-state index in [-0.39, 0.29) is 5.56 Å². The molecule has 21 heavy (non-hydrogen) atoms. The second kappa shape index (κ2) is 6.41. The summed E-state index contributed by atoms with van der Waals surface area (Å²) in [5, 5.41) is 3.29. The third-order valence-corrected chi connectivity index (χ3v) is 4.00. The Balaban J connectivity index is 2.35. The highest BCUT2D eigenvalue weighted by Gasteiger charge is 2.21. The van der Waals surface area contributed by atoms with E-state index >= 15 is 0 Å². The van der Waals surface area contributed by atoms with E-state index in [0.717, 1.165) is 6.07 Å². The zero-order chi connectivity index (χ0) is 15.6. The van der Waals surface area contributed by atoms with Crippen molar-refractivity contribution in [2.45, 2.75) is 6.04 Å². The Hall–Kier alpha value is -1.66. The molecular weight excluding hydrogens is 366 g/mol. The average Bonchev–Trinajstić information content (AvgIpc) is 2.40. The maximum Gasteiger partial charge on any atom is 0.244 e. The second-order valence-corrected chi connectivity index (χ2v) is 5.54. The summed E-state index contributed by atoms with van der Waals surface area (Å²) in [7, 11) is 0. The number of rotatable bonds is 4. The molecule has 3 nitrogen and oxygen atoms in total. The Labute approximate surface area is 133 Å². The van der Waals surface area contributed by atoms with Crippen molar-refractivity contribution in [2.75, 3.05) is 5.32 Å². The number of carbonyl (C=O) groups excluding carboxylic acids is 1. The van der Waals surface area contributed by atoms with Gasteiger partial charge in [-0.15, -0.1) is 0 Å². The number of anilines is 1. The van der Waals surface area contributed by atoms with Crippen molar-refractivity contribution in [1.82, 2.24) is 0 Å². The molecule has 1 atom stereocenters. The molecule has 2 aromatic rings. The Kier molecular flexibility index (Phi) is 4.80. The molecule has 0 spiro atoms. The first kappa shape index (κ1) is 15.7. The molecule has 0 bridgehead atoms. The van der Waals surface area contributed by atoms with E-state index < -0.39 is 23.6 Å². The van der Waals surface area contributed by atoms with Crippen LogP contribution < -0.4 is 11.1 Å². The van der Waals surface area contributed by atoms with Crippen LogP contribution in [0.3, 0.4) is 0 Å². The van der Waals surface area contributed by atoms with Crippen molar-refractivity contribution < 1.29 is 13.6 Å². The molecule has 2 rings (SSSR count). The zero-order valence-electron chi connectivity index (χ0n) is 10.5. The van der Waals surface area contributed by atoms with Crippen molar-refractivity contribution in [3.63, 3.8) is 0 Å². The number of carbonyl (C=O) groups is 1. The molecule has 0 aliphatic heterocycles. The number of hydrogen-bond acceptors (Lipinski definition) is 2. The number of primary amides is 1. The molecule has 0 aliphatic rings. The SMILES string of the molecule is NC(=O)C(Nc1ccc(Cl)c(Br)c1)c1ccc(F)cc1F. The standard InChI is InChI=1S/C14H10BrClF2N2O/c15-10-6-8(2-4-11(10)16)20-13(14(19)21)9-3-1-7(17)5-12(9)18/h1-6,13,20H,(H2,19,21). The van der Waals surface area contributed by atoms with Crippen molar-refractivity contribution in [1.29, 1.82) is 0 Å². The van der Waals surface area contributed by atoms with Gasteiger partial charge in [-0.1, -0.05) is 17.7 Å². The molecule has 0 heterocycles. The van der Waals surface area contributed by atoms with Crippen LogP contribution in [0, 0.1) is 11.6 Å². The highest BCUT2D eigenvalue weighted by atomic mass is 79.9. The molecule has 7 heteroatoms. The number of nitrogens with two attached hydrogens (primary N) is 1. The molecule has 110 valence electrons. The van der Waals surface area contributed by atoms with E-state index in [0.29, 0.717) is 21.2 Å². The summed E-state index contributed by atoms with van der Waals surface area (Å²) in [4.78, 5) is 11.6. The van der Waals surface area contributed by atoms with E-state index in [1.54, 1.807) is 18.2 Å². The fourth-order valence-electron chi connectivity index (χ4n) is 1.79. The first-order chi connectivity index (χ1) is 9.88. The van der Waals surface area contributed by atoms with Crippen LogP contribution in [-0.2, 0) is 4.79 Å². The quantitative estimate of drug-likeness (QED) is 0.848.